The van der Waals surface area contributed by atoms with Crippen LogP contribution in [0.2, 0.25) is 0 Å². The lowest BCUT2D eigenvalue weighted by molar-refractivity contribution is -0.143. The number of hydrogen-bond acceptors (Lipinski definition) is 4. The molecular formula is C23H21NO3. The number of esters is 1. The molecule has 1 heterocycles. The second kappa shape index (κ2) is 8.06. The summed E-state index contributed by atoms with van der Waals surface area (Å²) in [5.41, 5.74) is 3.24. The number of benzene rings is 3. The van der Waals surface area contributed by atoms with Crippen LogP contribution in [-0.4, -0.2) is 19.1 Å². The van der Waals surface area contributed by atoms with Gasteiger partial charge < -0.3 is 14.8 Å². The molecule has 0 amide bonds. The van der Waals surface area contributed by atoms with Gasteiger partial charge in [-0.05, 0) is 17.7 Å². The van der Waals surface area contributed by atoms with Gasteiger partial charge in [-0.2, -0.15) is 0 Å². The van der Waals surface area contributed by atoms with Gasteiger partial charge in [-0.1, -0.05) is 66.7 Å². The van der Waals surface area contributed by atoms with Crippen molar-refractivity contribution in [1.82, 2.24) is 5.32 Å². The predicted molar refractivity (Wildman–Crippen MR) is 104 cm³/mol. The van der Waals surface area contributed by atoms with E-state index in [4.69, 9.17) is 9.47 Å². The van der Waals surface area contributed by atoms with E-state index in [1.54, 1.807) is 0 Å². The van der Waals surface area contributed by atoms with Crippen LogP contribution in [0, 0.1) is 0 Å². The summed E-state index contributed by atoms with van der Waals surface area (Å²) in [7, 11) is 0. The van der Waals surface area contributed by atoms with E-state index in [0.717, 1.165) is 28.2 Å². The van der Waals surface area contributed by atoms with E-state index in [0.29, 0.717) is 13.2 Å². The fraction of sp³-hybridized carbons (Fsp3) is 0.174. The fourth-order valence-electron chi connectivity index (χ4n) is 3.34. The zero-order chi connectivity index (χ0) is 18.5. The van der Waals surface area contributed by atoms with Crippen molar-refractivity contribution in [2.45, 2.75) is 12.5 Å². The largest absolute Gasteiger partial charge is 0.460 e. The maximum atomic E-state index is 12.0. The summed E-state index contributed by atoms with van der Waals surface area (Å²) >= 11 is 0. The molecule has 1 aliphatic rings. The van der Waals surface area contributed by atoms with Crippen molar-refractivity contribution in [2.75, 3.05) is 13.1 Å². The molecule has 0 saturated heterocycles. The molecule has 0 fully saturated rings. The van der Waals surface area contributed by atoms with Gasteiger partial charge in [-0.3, -0.25) is 4.79 Å². The van der Waals surface area contributed by atoms with E-state index in [-0.39, 0.29) is 18.4 Å². The highest BCUT2D eigenvalue weighted by molar-refractivity contribution is 5.71. The highest BCUT2D eigenvalue weighted by Gasteiger charge is 2.26. The Labute approximate surface area is 158 Å². The molecule has 3 aromatic rings. The normalized spacial score (nSPS) is 12.6. The Morgan fingerprint density at radius 2 is 1.44 bits per heavy atom. The molecule has 3 aromatic carbocycles. The third-order valence-electron chi connectivity index (χ3n) is 4.67. The average molecular weight is 359 g/mol. The minimum absolute atomic E-state index is 0.132. The first-order valence-electron chi connectivity index (χ1n) is 9.07. The fourth-order valence-corrected chi connectivity index (χ4v) is 3.34. The second-order valence-corrected chi connectivity index (χ2v) is 6.51. The first-order valence-corrected chi connectivity index (χ1v) is 9.07. The summed E-state index contributed by atoms with van der Waals surface area (Å²) in [5.74, 6) is 1.62. The lowest BCUT2D eigenvalue weighted by Gasteiger charge is -2.28. The Morgan fingerprint density at radius 3 is 2.11 bits per heavy atom. The third kappa shape index (κ3) is 4.01. The van der Waals surface area contributed by atoms with E-state index in [1.165, 1.54) is 0 Å². The minimum Gasteiger partial charge on any atom is -0.460 e. The number of para-hydroxylation sites is 2. The van der Waals surface area contributed by atoms with E-state index in [9.17, 15) is 4.79 Å². The molecular weight excluding hydrogens is 338 g/mol. The SMILES string of the molecule is O=C(CNCC1c2ccccc2Oc2ccccc21)OCc1ccccc1. The van der Waals surface area contributed by atoms with Crippen molar-refractivity contribution in [3.05, 3.63) is 95.6 Å². The van der Waals surface area contributed by atoms with Crippen LogP contribution in [0.25, 0.3) is 0 Å². The van der Waals surface area contributed by atoms with Crippen LogP contribution in [0.5, 0.6) is 11.5 Å². The third-order valence-corrected chi connectivity index (χ3v) is 4.67. The van der Waals surface area contributed by atoms with Gasteiger partial charge in [0.25, 0.3) is 0 Å². The minimum atomic E-state index is -0.257. The Balaban J connectivity index is 1.38. The van der Waals surface area contributed by atoms with Gasteiger partial charge in [-0.25, -0.2) is 0 Å². The molecule has 4 heteroatoms. The predicted octanol–water partition coefficient (Wildman–Crippen LogP) is 4.26. The molecule has 4 nitrogen and oxygen atoms in total. The van der Waals surface area contributed by atoms with E-state index in [2.05, 4.69) is 17.4 Å². The summed E-state index contributed by atoms with van der Waals surface area (Å²) in [4.78, 5) is 12.0. The van der Waals surface area contributed by atoms with Crippen LogP contribution < -0.4 is 10.1 Å². The van der Waals surface area contributed by atoms with Crippen LogP contribution in [-0.2, 0) is 16.1 Å². The first-order chi connectivity index (χ1) is 13.3. The molecule has 136 valence electrons. The maximum absolute atomic E-state index is 12.0. The molecule has 1 N–H and O–H groups in total. The van der Waals surface area contributed by atoms with Crippen LogP contribution in [0.3, 0.4) is 0 Å². The summed E-state index contributed by atoms with van der Waals surface area (Å²) in [6, 6.07) is 25.8. The molecule has 1 aliphatic heterocycles. The molecule has 0 aromatic heterocycles. The van der Waals surface area contributed by atoms with Crippen molar-refractivity contribution in [3.8, 4) is 11.5 Å². The van der Waals surface area contributed by atoms with E-state index in [1.807, 2.05) is 66.7 Å². The van der Waals surface area contributed by atoms with Crippen molar-refractivity contribution < 1.29 is 14.3 Å². The lowest BCUT2D eigenvalue weighted by atomic mass is 9.88. The van der Waals surface area contributed by atoms with Crippen molar-refractivity contribution in [1.29, 1.82) is 0 Å². The Morgan fingerprint density at radius 1 is 0.852 bits per heavy atom. The van der Waals surface area contributed by atoms with Gasteiger partial charge in [0.15, 0.2) is 0 Å². The zero-order valence-corrected chi connectivity index (χ0v) is 14.9. The molecule has 4 rings (SSSR count). The lowest BCUT2D eigenvalue weighted by Crippen LogP contribution is -2.30. The number of carbonyl (C=O) groups is 1. The van der Waals surface area contributed by atoms with Crippen LogP contribution in [0.1, 0.15) is 22.6 Å². The summed E-state index contributed by atoms with van der Waals surface area (Å²) in [5, 5.41) is 3.24. The van der Waals surface area contributed by atoms with Gasteiger partial charge in [0.1, 0.15) is 18.1 Å². The van der Waals surface area contributed by atoms with Crippen LogP contribution in [0.15, 0.2) is 78.9 Å². The summed E-state index contributed by atoms with van der Waals surface area (Å²) < 4.78 is 11.3. The molecule has 0 bridgehead atoms. The van der Waals surface area contributed by atoms with Gasteiger partial charge in [0.05, 0.1) is 6.54 Å². The first kappa shape index (κ1) is 17.3. The van der Waals surface area contributed by atoms with Crippen LogP contribution in [0.4, 0.5) is 0 Å². The number of nitrogens with one attached hydrogen (secondary N) is 1. The number of hydrogen-bond donors (Lipinski definition) is 1. The number of carbonyl (C=O) groups excluding carboxylic acids is 1. The Kier molecular flexibility index (Phi) is 5.17. The van der Waals surface area contributed by atoms with Gasteiger partial charge >= 0.3 is 5.97 Å². The molecule has 0 spiro atoms. The monoisotopic (exact) mass is 359 g/mol. The Bertz CT molecular complexity index is 878. The summed E-state index contributed by atoms with van der Waals surface area (Å²) in [6.45, 7) is 1.11. The summed E-state index contributed by atoms with van der Waals surface area (Å²) in [6.07, 6.45) is 0. The van der Waals surface area contributed by atoms with E-state index >= 15 is 0 Å². The molecule has 27 heavy (non-hydrogen) atoms. The number of fused-ring (bicyclic) bond motifs is 2. The van der Waals surface area contributed by atoms with Gasteiger partial charge in [0, 0.05) is 23.6 Å². The standard InChI is InChI=1S/C23H21NO3/c25-23(26-16-17-8-2-1-3-9-17)15-24-14-20-18-10-4-6-12-21(18)27-22-13-7-5-11-19(20)22/h1-13,20,24H,14-16H2. The Hall–Kier alpha value is -3.11. The number of ether oxygens (including phenoxy) is 2. The number of rotatable bonds is 6. The molecule has 0 saturated carbocycles. The molecule has 0 radical (unpaired) electrons. The van der Waals surface area contributed by atoms with Crippen LogP contribution >= 0.6 is 0 Å². The molecule has 0 aliphatic carbocycles. The van der Waals surface area contributed by atoms with Crippen molar-refractivity contribution in [2.24, 2.45) is 0 Å². The average Bonchev–Trinajstić information content (AvgIpc) is 2.72. The second-order valence-electron chi connectivity index (χ2n) is 6.51. The van der Waals surface area contributed by atoms with Gasteiger partial charge in [-0.15, -0.1) is 0 Å². The van der Waals surface area contributed by atoms with Crippen molar-refractivity contribution in [3.63, 3.8) is 0 Å². The van der Waals surface area contributed by atoms with Crippen molar-refractivity contribution >= 4 is 5.97 Å². The smallest absolute Gasteiger partial charge is 0.320 e. The quantitative estimate of drug-likeness (QED) is 0.668. The highest BCUT2D eigenvalue weighted by Crippen LogP contribution is 2.43. The highest BCUT2D eigenvalue weighted by atomic mass is 16.5. The molecule has 0 unspecified atom stereocenters. The maximum Gasteiger partial charge on any atom is 0.320 e. The molecule has 0 atom stereocenters. The topological polar surface area (TPSA) is 47.6 Å². The van der Waals surface area contributed by atoms with E-state index < -0.39 is 0 Å². The van der Waals surface area contributed by atoms with Gasteiger partial charge in [0.2, 0.25) is 0 Å². The zero-order valence-electron chi connectivity index (χ0n) is 14.9.